The van der Waals surface area contributed by atoms with Gasteiger partial charge in [-0.3, -0.25) is 4.52 Å². The van der Waals surface area contributed by atoms with Gasteiger partial charge in [-0.05, 0) is 0 Å². The summed E-state index contributed by atoms with van der Waals surface area (Å²) < 4.78 is 14.2. The molecule has 0 saturated carbocycles. The highest BCUT2D eigenvalue weighted by Gasteiger charge is 2.40. The lowest BCUT2D eigenvalue weighted by Crippen LogP contribution is -2.49. The number of rotatable bonds is 7. The zero-order valence-corrected chi connectivity index (χ0v) is 9.21. The molecule has 0 fully saturated rings. The standard InChI is InChI=1S/C6H13O10P/c7-1-2(8)3(9)4(10)5(6(11)12)16-17(13,14)15/h2-5,7-10H,1H2,(H,11,12)(H2,13,14,15). The van der Waals surface area contributed by atoms with Crippen LogP contribution in [-0.4, -0.2) is 72.3 Å². The number of hydrogen-bond donors (Lipinski definition) is 7. The predicted molar refractivity (Wildman–Crippen MR) is 49.7 cm³/mol. The van der Waals surface area contributed by atoms with Gasteiger partial charge in [0.05, 0.1) is 6.61 Å². The second-order valence-electron chi connectivity index (χ2n) is 3.09. The van der Waals surface area contributed by atoms with Crippen LogP contribution in [0.15, 0.2) is 0 Å². The van der Waals surface area contributed by atoms with Crippen molar-refractivity contribution in [2.24, 2.45) is 0 Å². The van der Waals surface area contributed by atoms with E-state index in [-0.39, 0.29) is 0 Å². The van der Waals surface area contributed by atoms with E-state index in [9.17, 15) is 14.5 Å². The summed E-state index contributed by atoms with van der Waals surface area (Å²) in [5, 5.41) is 44.3. The summed E-state index contributed by atoms with van der Waals surface area (Å²) in [4.78, 5) is 27.3. The molecular formula is C6H13O10P. The first-order valence-corrected chi connectivity index (χ1v) is 5.75. The van der Waals surface area contributed by atoms with Crippen LogP contribution in [0.3, 0.4) is 0 Å². The van der Waals surface area contributed by atoms with Crippen molar-refractivity contribution in [2.45, 2.75) is 24.4 Å². The van der Waals surface area contributed by atoms with Crippen molar-refractivity contribution in [3.63, 3.8) is 0 Å². The minimum absolute atomic E-state index is 0.986. The molecule has 0 radical (unpaired) electrons. The summed E-state index contributed by atoms with van der Waals surface area (Å²) in [6, 6.07) is 0. The number of phosphoric ester groups is 1. The Bertz CT molecular complexity index is 299. The molecule has 0 spiro atoms. The van der Waals surface area contributed by atoms with Crippen LogP contribution < -0.4 is 0 Å². The third kappa shape index (κ3) is 5.52. The summed E-state index contributed by atoms with van der Waals surface area (Å²) in [5.74, 6) is -1.95. The monoisotopic (exact) mass is 276 g/mol. The van der Waals surface area contributed by atoms with E-state index in [2.05, 4.69) is 4.52 Å². The average molecular weight is 276 g/mol. The molecule has 102 valence electrons. The molecule has 4 atom stereocenters. The van der Waals surface area contributed by atoms with Crippen LogP contribution in [0.25, 0.3) is 0 Å². The first kappa shape index (κ1) is 16.4. The molecular weight excluding hydrogens is 263 g/mol. The van der Waals surface area contributed by atoms with Crippen molar-refractivity contribution < 1.29 is 49.2 Å². The van der Waals surface area contributed by atoms with Crippen LogP contribution in [0, 0.1) is 0 Å². The SMILES string of the molecule is O=C(O)C(OP(=O)(O)O)C(O)C(O)C(O)CO. The molecule has 11 heteroatoms. The van der Waals surface area contributed by atoms with E-state index >= 15 is 0 Å². The maximum absolute atomic E-state index is 10.6. The van der Waals surface area contributed by atoms with Gasteiger partial charge in [0, 0.05) is 0 Å². The van der Waals surface area contributed by atoms with Gasteiger partial charge < -0.3 is 35.3 Å². The van der Waals surface area contributed by atoms with E-state index in [1.165, 1.54) is 0 Å². The maximum Gasteiger partial charge on any atom is 0.470 e. The Balaban J connectivity index is 4.83. The van der Waals surface area contributed by atoms with Crippen molar-refractivity contribution >= 4 is 13.8 Å². The van der Waals surface area contributed by atoms with Gasteiger partial charge in [0.1, 0.15) is 18.3 Å². The first-order chi connectivity index (χ1) is 7.60. The summed E-state index contributed by atoms with van der Waals surface area (Å²) in [5.41, 5.74) is 0. The lowest BCUT2D eigenvalue weighted by Gasteiger charge is -2.26. The Morgan fingerprint density at radius 3 is 1.94 bits per heavy atom. The number of aliphatic carboxylic acids is 1. The molecule has 0 aromatic carbocycles. The average Bonchev–Trinajstić information content (AvgIpc) is 2.21. The summed E-state index contributed by atoms with van der Waals surface area (Å²) in [6.45, 7) is -0.986. The van der Waals surface area contributed by atoms with Crippen molar-refractivity contribution in [2.75, 3.05) is 6.61 Å². The van der Waals surface area contributed by atoms with Gasteiger partial charge in [0.25, 0.3) is 0 Å². The molecule has 0 bridgehead atoms. The predicted octanol–water partition coefficient (Wildman–Crippen LogP) is -3.38. The van der Waals surface area contributed by atoms with Crippen molar-refractivity contribution in [3.05, 3.63) is 0 Å². The molecule has 0 heterocycles. The topological polar surface area (TPSA) is 185 Å². The van der Waals surface area contributed by atoms with Gasteiger partial charge in [-0.25, -0.2) is 9.36 Å². The van der Waals surface area contributed by atoms with Crippen molar-refractivity contribution in [1.82, 2.24) is 0 Å². The molecule has 0 saturated heterocycles. The Labute approximate surface area is 94.9 Å². The number of phosphoric acid groups is 1. The third-order valence-corrected chi connectivity index (χ3v) is 2.24. The number of aliphatic hydroxyl groups excluding tert-OH is 4. The lowest BCUT2D eigenvalue weighted by atomic mass is 10.0. The molecule has 0 rings (SSSR count). The number of hydrogen-bond acceptors (Lipinski definition) is 7. The van der Waals surface area contributed by atoms with E-state index in [1.54, 1.807) is 0 Å². The zero-order valence-electron chi connectivity index (χ0n) is 8.32. The van der Waals surface area contributed by atoms with E-state index in [0.29, 0.717) is 0 Å². The molecule has 0 amide bonds. The highest BCUT2D eigenvalue weighted by Crippen LogP contribution is 2.38. The summed E-state index contributed by atoms with van der Waals surface area (Å²) in [7, 11) is -5.20. The van der Waals surface area contributed by atoms with E-state index in [1.807, 2.05) is 0 Å². The highest BCUT2D eigenvalue weighted by atomic mass is 31.2. The van der Waals surface area contributed by atoms with Crippen molar-refractivity contribution in [1.29, 1.82) is 0 Å². The number of carboxylic acids is 1. The highest BCUT2D eigenvalue weighted by molar-refractivity contribution is 7.46. The van der Waals surface area contributed by atoms with Crippen LogP contribution in [-0.2, 0) is 13.9 Å². The smallest absolute Gasteiger partial charge is 0.470 e. The van der Waals surface area contributed by atoms with Crippen LogP contribution in [0.1, 0.15) is 0 Å². The molecule has 17 heavy (non-hydrogen) atoms. The fraction of sp³-hybridized carbons (Fsp3) is 0.833. The first-order valence-electron chi connectivity index (χ1n) is 4.22. The normalized spacial score (nSPS) is 19.4. The minimum Gasteiger partial charge on any atom is -0.479 e. The number of aliphatic hydroxyl groups is 4. The van der Waals surface area contributed by atoms with Gasteiger partial charge in [0.15, 0.2) is 6.10 Å². The van der Waals surface area contributed by atoms with Gasteiger partial charge in [-0.2, -0.15) is 0 Å². The number of carbonyl (C=O) groups is 1. The second kappa shape index (κ2) is 6.38. The lowest BCUT2D eigenvalue weighted by molar-refractivity contribution is -0.162. The third-order valence-electron chi connectivity index (χ3n) is 1.74. The Hall–Kier alpha value is -0.580. The van der Waals surface area contributed by atoms with Crippen LogP contribution in [0.2, 0.25) is 0 Å². The van der Waals surface area contributed by atoms with Crippen LogP contribution in [0.4, 0.5) is 0 Å². The largest absolute Gasteiger partial charge is 0.479 e. The molecule has 10 nitrogen and oxygen atoms in total. The zero-order chi connectivity index (χ0) is 13.8. The molecule has 0 aliphatic heterocycles. The summed E-state index contributed by atoms with van der Waals surface area (Å²) >= 11 is 0. The van der Waals surface area contributed by atoms with Gasteiger partial charge in [-0.1, -0.05) is 0 Å². The molecule has 0 aliphatic carbocycles. The Kier molecular flexibility index (Phi) is 6.16. The van der Waals surface area contributed by atoms with Gasteiger partial charge in [-0.15, -0.1) is 0 Å². The fourth-order valence-corrected chi connectivity index (χ4v) is 1.43. The quantitative estimate of drug-likeness (QED) is 0.231. The van der Waals surface area contributed by atoms with Gasteiger partial charge >= 0.3 is 13.8 Å². The summed E-state index contributed by atoms with van der Waals surface area (Å²) in [6.07, 6.45) is -8.81. The molecule has 0 aliphatic rings. The minimum atomic E-state index is -5.20. The Morgan fingerprint density at radius 2 is 1.65 bits per heavy atom. The Morgan fingerprint density at radius 1 is 1.18 bits per heavy atom. The van der Waals surface area contributed by atoms with Gasteiger partial charge in [0.2, 0.25) is 0 Å². The second-order valence-corrected chi connectivity index (χ2v) is 4.28. The van der Waals surface area contributed by atoms with Crippen molar-refractivity contribution in [3.8, 4) is 0 Å². The number of carboxylic acid groups (broad SMARTS) is 1. The molecule has 0 aromatic rings. The van der Waals surface area contributed by atoms with E-state index < -0.39 is 44.8 Å². The molecule has 7 N–H and O–H groups in total. The van der Waals surface area contributed by atoms with Crippen LogP contribution in [0.5, 0.6) is 0 Å². The molecule has 4 unspecified atom stereocenters. The molecule has 0 aromatic heterocycles. The van der Waals surface area contributed by atoms with Crippen LogP contribution >= 0.6 is 7.82 Å². The fourth-order valence-electron chi connectivity index (χ4n) is 0.916. The van der Waals surface area contributed by atoms with E-state index in [0.717, 1.165) is 0 Å². The maximum atomic E-state index is 10.6. The van der Waals surface area contributed by atoms with E-state index in [4.69, 9.17) is 30.2 Å².